The number of aromatic amines is 1. The number of pyridine rings is 1. The van der Waals surface area contributed by atoms with Crippen molar-refractivity contribution in [3.8, 4) is 5.75 Å². The summed E-state index contributed by atoms with van der Waals surface area (Å²) in [5, 5.41) is 0. The van der Waals surface area contributed by atoms with Crippen LogP contribution in [-0.2, 0) is 0 Å². The number of hydrogen-bond acceptors (Lipinski definition) is 3. The fourth-order valence-electron chi connectivity index (χ4n) is 0.959. The smallest absolute Gasteiger partial charge is 0.269 e. The molecule has 0 aliphatic heterocycles. The first-order valence-corrected chi connectivity index (χ1v) is 3.64. The Labute approximate surface area is 77.5 Å². The average molecular weight is 203 g/mol. The molecular weight excluding hydrogens is 196 g/mol. The normalized spacial score (nSPS) is 10.3. The van der Waals surface area contributed by atoms with Gasteiger partial charge in [0, 0.05) is 0 Å². The molecule has 4 nitrogen and oxygen atoms in total. The van der Waals surface area contributed by atoms with E-state index in [0.29, 0.717) is 6.29 Å². The molecule has 6 heteroatoms. The number of methoxy groups -OCH3 is 1. The van der Waals surface area contributed by atoms with Crippen molar-refractivity contribution in [2.45, 2.75) is 6.43 Å². The lowest BCUT2D eigenvalue weighted by molar-refractivity contribution is 0.111. The third kappa shape index (κ3) is 1.78. The summed E-state index contributed by atoms with van der Waals surface area (Å²) >= 11 is 0. The van der Waals surface area contributed by atoms with E-state index in [1.165, 1.54) is 7.11 Å². The van der Waals surface area contributed by atoms with Crippen LogP contribution in [-0.4, -0.2) is 18.4 Å². The van der Waals surface area contributed by atoms with Crippen LogP contribution >= 0.6 is 0 Å². The topological polar surface area (TPSA) is 59.2 Å². The third-order valence-corrected chi connectivity index (χ3v) is 1.64. The Balaban J connectivity index is 3.38. The molecule has 0 atom stereocenters. The molecule has 14 heavy (non-hydrogen) atoms. The van der Waals surface area contributed by atoms with Crippen LogP contribution in [0.15, 0.2) is 10.9 Å². The lowest BCUT2D eigenvalue weighted by Crippen LogP contribution is -2.15. The Kier molecular flexibility index (Phi) is 2.95. The first kappa shape index (κ1) is 10.4. The van der Waals surface area contributed by atoms with E-state index in [0.717, 1.165) is 6.07 Å². The second-order valence-electron chi connectivity index (χ2n) is 2.45. The predicted molar refractivity (Wildman–Crippen MR) is 44.0 cm³/mol. The molecule has 0 amide bonds. The molecule has 1 aromatic heterocycles. The van der Waals surface area contributed by atoms with E-state index in [-0.39, 0.29) is 11.4 Å². The van der Waals surface area contributed by atoms with Gasteiger partial charge in [-0.3, -0.25) is 9.59 Å². The lowest BCUT2D eigenvalue weighted by atomic mass is 10.2. The van der Waals surface area contributed by atoms with Gasteiger partial charge in [-0.05, 0) is 6.07 Å². The Morgan fingerprint density at radius 1 is 1.57 bits per heavy atom. The van der Waals surface area contributed by atoms with Gasteiger partial charge in [-0.1, -0.05) is 0 Å². The Morgan fingerprint density at radius 2 is 2.21 bits per heavy atom. The summed E-state index contributed by atoms with van der Waals surface area (Å²) in [4.78, 5) is 23.3. The minimum Gasteiger partial charge on any atom is -0.494 e. The van der Waals surface area contributed by atoms with E-state index in [9.17, 15) is 18.4 Å². The van der Waals surface area contributed by atoms with Gasteiger partial charge in [0.2, 0.25) is 0 Å². The Hall–Kier alpha value is -1.72. The standard InChI is InChI=1S/C8H7F2NO3/c1-14-6-2-4(7(9)10)8(13)11-5(6)3-12/h2-3,7H,1H3,(H,11,13). The van der Waals surface area contributed by atoms with Crippen LogP contribution in [0, 0.1) is 0 Å². The number of ether oxygens (including phenoxy) is 1. The second-order valence-corrected chi connectivity index (χ2v) is 2.45. The number of hydrogen-bond donors (Lipinski definition) is 1. The highest BCUT2D eigenvalue weighted by atomic mass is 19.3. The molecule has 0 fully saturated rings. The van der Waals surface area contributed by atoms with Gasteiger partial charge in [-0.2, -0.15) is 0 Å². The first-order chi connectivity index (χ1) is 6.60. The van der Waals surface area contributed by atoms with Gasteiger partial charge in [0.25, 0.3) is 12.0 Å². The summed E-state index contributed by atoms with van der Waals surface area (Å²) < 4.78 is 29.1. The molecular formula is C8H7F2NO3. The Bertz CT molecular complexity index is 400. The van der Waals surface area contributed by atoms with E-state index in [1.54, 1.807) is 0 Å². The highest BCUT2D eigenvalue weighted by Crippen LogP contribution is 2.20. The number of aromatic nitrogens is 1. The quantitative estimate of drug-likeness (QED) is 0.749. The largest absolute Gasteiger partial charge is 0.494 e. The average Bonchev–Trinajstić information content (AvgIpc) is 2.16. The number of carbonyl (C=O) groups excluding carboxylic acids is 1. The molecule has 0 spiro atoms. The monoisotopic (exact) mass is 203 g/mol. The zero-order valence-electron chi connectivity index (χ0n) is 7.21. The van der Waals surface area contributed by atoms with Crippen molar-refractivity contribution in [1.29, 1.82) is 0 Å². The SMILES string of the molecule is COc1cc(C(F)F)c(=O)[nH]c1C=O. The number of H-pyrrole nitrogens is 1. The number of rotatable bonds is 3. The van der Waals surface area contributed by atoms with Crippen molar-refractivity contribution in [2.75, 3.05) is 7.11 Å². The zero-order valence-corrected chi connectivity index (χ0v) is 7.21. The van der Waals surface area contributed by atoms with Crippen molar-refractivity contribution in [1.82, 2.24) is 4.98 Å². The van der Waals surface area contributed by atoms with Gasteiger partial charge in [-0.25, -0.2) is 8.78 Å². The van der Waals surface area contributed by atoms with Crippen LogP contribution in [0.1, 0.15) is 22.5 Å². The van der Waals surface area contributed by atoms with Crippen molar-refractivity contribution in [2.24, 2.45) is 0 Å². The van der Waals surface area contributed by atoms with Gasteiger partial charge in [-0.15, -0.1) is 0 Å². The van der Waals surface area contributed by atoms with E-state index in [2.05, 4.69) is 4.74 Å². The van der Waals surface area contributed by atoms with E-state index in [4.69, 9.17) is 0 Å². The van der Waals surface area contributed by atoms with E-state index < -0.39 is 17.5 Å². The zero-order chi connectivity index (χ0) is 10.7. The minimum atomic E-state index is -2.90. The molecule has 0 aliphatic carbocycles. The van der Waals surface area contributed by atoms with Crippen LogP contribution in [0.2, 0.25) is 0 Å². The highest BCUT2D eigenvalue weighted by Gasteiger charge is 2.15. The van der Waals surface area contributed by atoms with Crippen molar-refractivity contribution >= 4 is 6.29 Å². The second kappa shape index (κ2) is 3.99. The minimum absolute atomic E-state index is 0.0742. The van der Waals surface area contributed by atoms with Crippen LogP contribution < -0.4 is 10.3 Å². The maximum Gasteiger partial charge on any atom is 0.269 e. The number of carbonyl (C=O) groups is 1. The molecule has 76 valence electrons. The van der Waals surface area contributed by atoms with E-state index in [1.807, 2.05) is 4.98 Å². The third-order valence-electron chi connectivity index (χ3n) is 1.64. The maximum atomic E-state index is 12.2. The van der Waals surface area contributed by atoms with Gasteiger partial charge >= 0.3 is 0 Å². The van der Waals surface area contributed by atoms with Crippen LogP contribution in [0.4, 0.5) is 8.78 Å². The summed E-state index contributed by atoms with van der Waals surface area (Å²) in [6, 6.07) is 0.854. The predicted octanol–water partition coefficient (Wildman–Crippen LogP) is 1.13. The molecule has 1 aromatic rings. The highest BCUT2D eigenvalue weighted by molar-refractivity contribution is 5.76. The van der Waals surface area contributed by atoms with Gasteiger partial charge in [0.05, 0.1) is 12.7 Å². The summed E-state index contributed by atoms with van der Waals surface area (Å²) in [5.74, 6) is -0.0742. The lowest BCUT2D eigenvalue weighted by Gasteiger charge is -2.05. The summed E-state index contributed by atoms with van der Waals surface area (Å²) in [5.41, 5.74) is -1.85. The molecule has 0 saturated heterocycles. The first-order valence-electron chi connectivity index (χ1n) is 3.64. The number of nitrogens with one attached hydrogen (secondary N) is 1. The number of halogens is 2. The Morgan fingerprint density at radius 3 is 2.64 bits per heavy atom. The summed E-state index contributed by atoms with van der Waals surface area (Å²) in [7, 11) is 1.22. The van der Waals surface area contributed by atoms with Crippen LogP contribution in [0.5, 0.6) is 5.75 Å². The van der Waals surface area contributed by atoms with E-state index >= 15 is 0 Å². The fourth-order valence-corrected chi connectivity index (χ4v) is 0.959. The van der Waals surface area contributed by atoms with Gasteiger partial charge in [0.15, 0.2) is 6.29 Å². The molecule has 1 heterocycles. The molecule has 0 bridgehead atoms. The molecule has 0 saturated carbocycles. The van der Waals surface area contributed by atoms with Crippen LogP contribution in [0.3, 0.4) is 0 Å². The van der Waals surface area contributed by atoms with Crippen molar-refractivity contribution in [3.05, 3.63) is 27.7 Å². The summed E-state index contributed by atoms with van der Waals surface area (Å²) in [6.45, 7) is 0. The van der Waals surface area contributed by atoms with Gasteiger partial charge in [0.1, 0.15) is 11.4 Å². The molecule has 0 radical (unpaired) electrons. The maximum absolute atomic E-state index is 12.2. The van der Waals surface area contributed by atoms with Crippen molar-refractivity contribution in [3.63, 3.8) is 0 Å². The molecule has 1 N–H and O–H groups in total. The molecule has 0 unspecified atom stereocenters. The number of aldehydes is 1. The molecule has 0 aliphatic rings. The fraction of sp³-hybridized carbons (Fsp3) is 0.250. The number of alkyl halides is 2. The van der Waals surface area contributed by atoms with Crippen molar-refractivity contribution < 1.29 is 18.3 Å². The van der Waals surface area contributed by atoms with Gasteiger partial charge < -0.3 is 9.72 Å². The molecule has 1 rings (SSSR count). The van der Waals surface area contributed by atoms with Crippen LogP contribution in [0.25, 0.3) is 0 Å². The molecule has 0 aromatic carbocycles. The summed E-state index contributed by atoms with van der Waals surface area (Å²) in [6.07, 6.45) is -2.57.